The van der Waals surface area contributed by atoms with E-state index in [0.717, 1.165) is 45.0 Å². The second kappa shape index (κ2) is 8.90. The molecular formula is C26H25N7O. The van der Waals surface area contributed by atoms with Gasteiger partial charge in [-0.05, 0) is 64.1 Å². The van der Waals surface area contributed by atoms with Gasteiger partial charge in [0.25, 0.3) is 0 Å². The van der Waals surface area contributed by atoms with Crippen molar-refractivity contribution in [2.75, 3.05) is 11.9 Å². The van der Waals surface area contributed by atoms with E-state index in [1.807, 2.05) is 55.9 Å². The van der Waals surface area contributed by atoms with Crippen LogP contribution < -0.4 is 10.1 Å². The van der Waals surface area contributed by atoms with Crippen LogP contribution in [0.3, 0.4) is 0 Å². The first-order valence-corrected chi connectivity index (χ1v) is 11.1. The summed E-state index contributed by atoms with van der Waals surface area (Å²) in [6.45, 7) is 8.57. The topological polar surface area (TPSA) is 90.6 Å². The number of hydrogen-bond acceptors (Lipinski definition) is 7. The van der Waals surface area contributed by atoms with Gasteiger partial charge in [0.1, 0.15) is 5.75 Å². The van der Waals surface area contributed by atoms with E-state index in [2.05, 4.69) is 56.6 Å². The number of anilines is 2. The lowest BCUT2D eigenvalue weighted by atomic mass is 10.2. The largest absolute Gasteiger partial charge is 0.494 e. The van der Waals surface area contributed by atoms with E-state index in [9.17, 15) is 0 Å². The van der Waals surface area contributed by atoms with Gasteiger partial charge in [-0.15, -0.1) is 0 Å². The summed E-state index contributed by atoms with van der Waals surface area (Å²) in [4.78, 5) is 18.3. The van der Waals surface area contributed by atoms with Crippen LogP contribution in [0.1, 0.15) is 23.9 Å². The molecule has 170 valence electrons. The van der Waals surface area contributed by atoms with Crippen molar-refractivity contribution in [3.05, 3.63) is 77.9 Å². The van der Waals surface area contributed by atoms with Crippen LogP contribution >= 0.6 is 0 Å². The van der Waals surface area contributed by atoms with Crippen molar-refractivity contribution in [3.8, 4) is 22.7 Å². The van der Waals surface area contributed by atoms with Gasteiger partial charge in [-0.2, -0.15) is 5.10 Å². The van der Waals surface area contributed by atoms with Gasteiger partial charge in [0.05, 0.1) is 34.9 Å². The van der Waals surface area contributed by atoms with Gasteiger partial charge in [-0.1, -0.05) is 17.7 Å². The van der Waals surface area contributed by atoms with Gasteiger partial charge < -0.3 is 4.74 Å². The van der Waals surface area contributed by atoms with Crippen LogP contribution in [0.25, 0.3) is 27.8 Å². The second-order valence-corrected chi connectivity index (χ2v) is 8.04. The van der Waals surface area contributed by atoms with E-state index in [-0.39, 0.29) is 0 Å². The van der Waals surface area contributed by atoms with Crippen molar-refractivity contribution in [2.24, 2.45) is 0 Å². The summed E-state index contributed by atoms with van der Waals surface area (Å²) in [5.74, 6) is 1.67. The lowest BCUT2D eigenvalue weighted by molar-refractivity contribution is 0.340. The standard InChI is InChI=1S/C26H25N7O/c1-5-34-20-10-11-23-21(14-20)17(3)28-26(30-23)31-25-27-13-12-24(29-25)22-15-33(32-18(22)4)19-8-6-16(2)7-9-19/h6-15H,5H2,1-4H3,(H,27,28,29,30,31). The van der Waals surface area contributed by atoms with Crippen molar-refractivity contribution in [3.63, 3.8) is 0 Å². The van der Waals surface area contributed by atoms with E-state index in [1.165, 1.54) is 5.56 Å². The minimum atomic E-state index is 0.421. The zero-order chi connectivity index (χ0) is 23.7. The third-order valence-corrected chi connectivity index (χ3v) is 5.52. The summed E-state index contributed by atoms with van der Waals surface area (Å²) >= 11 is 0. The molecule has 8 nitrogen and oxygen atoms in total. The molecule has 0 saturated carbocycles. The van der Waals surface area contributed by atoms with Crippen LogP contribution in [-0.4, -0.2) is 36.3 Å². The average Bonchev–Trinajstić information content (AvgIpc) is 3.22. The minimum absolute atomic E-state index is 0.421. The van der Waals surface area contributed by atoms with E-state index in [4.69, 9.17) is 9.72 Å². The summed E-state index contributed by atoms with van der Waals surface area (Å²) in [5, 5.41) is 8.76. The number of rotatable bonds is 6. The summed E-state index contributed by atoms with van der Waals surface area (Å²) in [5.41, 5.74) is 6.47. The average molecular weight is 452 g/mol. The molecule has 2 aromatic carbocycles. The Kier molecular flexibility index (Phi) is 5.63. The zero-order valence-corrected chi connectivity index (χ0v) is 19.6. The summed E-state index contributed by atoms with van der Waals surface area (Å²) in [7, 11) is 0. The Bertz CT molecular complexity index is 1480. The molecule has 1 N–H and O–H groups in total. The Labute approximate surface area is 197 Å². The molecular weight excluding hydrogens is 426 g/mol. The van der Waals surface area contributed by atoms with Crippen LogP contribution in [0.5, 0.6) is 5.75 Å². The Morgan fingerprint density at radius 1 is 0.882 bits per heavy atom. The minimum Gasteiger partial charge on any atom is -0.494 e. The highest BCUT2D eigenvalue weighted by molar-refractivity contribution is 5.83. The predicted octanol–water partition coefficient (Wildman–Crippen LogP) is 5.34. The number of hydrogen-bond donors (Lipinski definition) is 1. The summed E-state index contributed by atoms with van der Waals surface area (Å²) < 4.78 is 7.46. The Hall–Kier alpha value is -4.33. The van der Waals surface area contributed by atoms with Crippen molar-refractivity contribution < 1.29 is 4.74 Å². The van der Waals surface area contributed by atoms with Crippen molar-refractivity contribution in [1.82, 2.24) is 29.7 Å². The van der Waals surface area contributed by atoms with E-state index in [0.29, 0.717) is 18.5 Å². The molecule has 0 spiro atoms. The first-order valence-electron chi connectivity index (χ1n) is 11.1. The maximum Gasteiger partial charge on any atom is 0.230 e. The molecule has 5 aromatic rings. The molecule has 0 atom stereocenters. The van der Waals surface area contributed by atoms with Crippen molar-refractivity contribution in [2.45, 2.75) is 27.7 Å². The maximum absolute atomic E-state index is 5.60. The summed E-state index contributed by atoms with van der Waals surface area (Å²) in [6.07, 6.45) is 3.70. The molecule has 0 aliphatic heterocycles. The van der Waals surface area contributed by atoms with Gasteiger partial charge in [-0.3, -0.25) is 5.32 Å². The number of aryl methyl sites for hydroxylation is 3. The Balaban J connectivity index is 1.43. The quantitative estimate of drug-likeness (QED) is 0.373. The van der Waals surface area contributed by atoms with E-state index in [1.54, 1.807) is 6.20 Å². The Morgan fingerprint density at radius 3 is 2.50 bits per heavy atom. The van der Waals surface area contributed by atoms with Crippen molar-refractivity contribution in [1.29, 1.82) is 0 Å². The number of aromatic nitrogens is 6. The first-order chi connectivity index (χ1) is 16.5. The molecule has 8 heteroatoms. The molecule has 0 radical (unpaired) electrons. The number of ether oxygens (including phenoxy) is 1. The van der Waals surface area contributed by atoms with E-state index < -0.39 is 0 Å². The fourth-order valence-corrected chi connectivity index (χ4v) is 3.78. The van der Waals surface area contributed by atoms with Crippen LogP contribution in [-0.2, 0) is 0 Å². The van der Waals surface area contributed by atoms with Crippen LogP contribution in [0.4, 0.5) is 11.9 Å². The van der Waals surface area contributed by atoms with Crippen LogP contribution in [0, 0.1) is 20.8 Å². The van der Waals surface area contributed by atoms with Gasteiger partial charge in [-0.25, -0.2) is 24.6 Å². The smallest absolute Gasteiger partial charge is 0.230 e. The number of nitrogens with one attached hydrogen (secondary N) is 1. The third-order valence-electron chi connectivity index (χ3n) is 5.52. The molecule has 3 aromatic heterocycles. The highest BCUT2D eigenvalue weighted by atomic mass is 16.5. The number of benzene rings is 2. The number of fused-ring (bicyclic) bond motifs is 1. The van der Waals surface area contributed by atoms with E-state index >= 15 is 0 Å². The molecule has 0 amide bonds. The van der Waals surface area contributed by atoms with Crippen molar-refractivity contribution >= 4 is 22.8 Å². The fourth-order valence-electron chi connectivity index (χ4n) is 3.78. The number of nitrogens with zero attached hydrogens (tertiary/aromatic N) is 6. The lowest BCUT2D eigenvalue weighted by Crippen LogP contribution is -2.03. The monoisotopic (exact) mass is 451 g/mol. The highest BCUT2D eigenvalue weighted by Gasteiger charge is 2.12. The second-order valence-electron chi connectivity index (χ2n) is 8.04. The van der Waals surface area contributed by atoms with Gasteiger partial charge in [0.2, 0.25) is 11.9 Å². The van der Waals surface area contributed by atoms with Crippen LogP contribution in [0.15, 0.2) is 60.9 Å². The molecule has 0 bridgehead atoms. The normalized spacial score (nSPS) is 11.1. The molecule has 34 heavy (non-hydrogen) atoms. The SMILES string of the molecule is CCOc1ccc2nc(Nc3nccc(-c4cn(-c5ccc(C)cc5)nc4C)n3)nc(C)c2c1. The lowest BCUT2D eigenvalue weighted by Gasteiger charge is -2.09. The molecule has 0 fully saturated rings. The highest BCUT2D eigenvalue weighted by Crippen LogP contribution is 2.26. The van der Waals surface area contributed by atoms with Crippen LogP contribution in [0.2, 0.25) is 0 Å². The molecule has 0 aliphatic carbocycles. The molecule has 0 saturated heterocycles. The molecule has 0 aliphatic rings. The maximum atomic E-state index is 5.60. The Morgan fingerprint density at radius 2 is 1.71 bits per heavy atom. The molecule has 5 rings (SSSR count). The van der Waals surface area contributed by atoms with Gasteiger partial charge >= 0.3 is 0 Å². The summed E-state index contributed by atoms with van der Waals surface area (Å²) in [6, 6.07) is 15.9. The third kappa shape index (κ3) is 4.30. The van der Waals surface area contributed by atoms with Gasteiger partial charge in [0, 0.05) is 23.3 Å². The fraction of sp³-hybridized carbons (Fsp3) is 0.192. The first kappa shape index (κ1) is 21.5. The molecule has 0 unspecified atom stereocenters. The molecule has 3 heterocycles. The van der Waals surface area contributed by atoms with Gasteiger partial charge in [0.15, 0.2) is 0 Å². The predicted molar refractivity (Wildman–Crippen MR) is 133 cm³/mol. The zero-order valence-electron chi connectivity index (χ0n) is 19.6.